The highest BCUT2D eigenvalue weighted by molar-refractivity contribution is 5.88. The molecule has 1 atom stereocenters. The van der Waals surface area contributed by atoms with Gasteiger partial charge in [0.1, 0.15) is 0 Å². The fraction of sp³-hybridized carbons (Fsp3) is 0.650. The Bertz CT molecular complexity index is 584. The van der Waals surface area contributed by atoms with Crippen LogP contribution in [0.15, 0.2) is 30.3 Å². The van der Waals surface area contributed by atoms with Gasteiger partial charge in [-0.2, -0.15) is 0 Å². The summed E-state index contributed by atoms with van der Waals surface area (Å²) in [6, 6.07) is 10.2. The lowest BCUT2D eigenvalue weighted by Gasteiger charge is -2.42. The van der Waals surface area contributed by atoms with Crippen LogP contribution in [0.5, 0.6) is 0 Å². The number of aliphatic hydroxyl groups excluding tert-OH is 1. The van der Waals surface area contributed by atoms with E-state index in [1.54, 1.807) is 0 Å². The number of nitrogens with zero attached hydrogens (tertiary/aromatic N) is 2. The molecule has 25 heavy (non-hydrogen) atoms. The Hall–Kier alpha value is -1.43. The number of piperidine rings is 1. The summed E-state index contributed by atoms with van der Waals surface area (Å²) in [7, 11) is 2.10. The summed E-state index contributed by atoms with van der Waals surface area (Å²) in [6.45, 7) is 2.76. The van der Waals surface area contributed by atoms with Crippen LogP contribution in [0.3, 0.4) is 0 Å². The Kier molecular flexibility index (Phi) is 5.46. The molecule has 0 bridgehead atoms. The number of rotatable bonds is 3. The third kappa shape index (κ3) is 3.73. The number of benzene rings is 1. The molecule has 5 nitrogen and oxygen atoms in total. The smallest absolute Gasteiger partial charge is 0.233 e. The third-order valence-electron chi connectivity index (χ3n) is 6.08. The molecule has 0 unspecified atom stereocenters. The zero-order chi connectivity index (χ0) is 17.9. The van der Waals surface area contributed by atoms with Gasteiger partial charge in [0, 0.05) is 13.1 Å². The Morgan fingerprint density at radius 3 is 2.36 bits per heavy atom. The summed E-state index contributed by atoms with van der Waals surface area (Å²) in [6.07, 6.45) is 3.38. The molecule has 2 heterocycles. The average molecular weight is 346 g/mol. The molecule has 2 aliphatic heterocycles. The standard InChI is InChI=1S/C20H30N2O3/c1-21-13-10-20(11-14-21,17-6-3-2-4-7-17)18(24)22-12-5-8-19(25,16-23)9-15-22/h2-4,6-7,23,25H,5,8-16H2,1H3/t19-/m0/s1. The van der Waals surface area contributed by atoms with Crippen molar-refractivity contribution in [1.29, 1.82) is 0 Å². The van der Waals surface area contributed by atoms with Gasteiger partial charge in [-0.25, -0.2) is 0 Å². The molecule has 2 fully saturated rings. The molecule has 0 radical (unpaired) electrons. The number of aliphatic hydroxyl groups is 2. The van der Waals surface area contributed by atoms with Gasteiger partial charge in [-0.05, 0) is 57.8 Å². The fourth-order valence-corrected chi connectivity index (χ4v) is 4.23. The molecule has 2 N–H and O–H groups in total. The van der Waals surface area contributed by atoms with E-state index < -0.39 is 11.0 Å². The molecule has 2 saturated heterocycles. The van der Waals surface area contributed by atoms with Crippen LogP contribution in [0.4, 0.5) is 0 Å². The maximum Gasteiger partial charge on any atom is 0.233 e. The largest absolute Gasteiger partial charge is 0.393 e. The van der Waals surface area contributed by atoms with Crippen molar-refractivity contribution in [3.63, 3.8) is 0 Å². The van der Waals surface area contributed by atoms with E-state index in [1.807, 2.05) is 23.1 Å². The number of amides is 1. The normalized spacial score (nSPS) is 27.7. The quantitative estimate of drug-likeness (QED) is 0.868. The van der Waals surface area contributed by atoms with Gasteiger partial charge in [0.05, 0.1) is 17.6 Å². The zero-order valence-electron chi connectivity index (χ0n) is 15.2. The average Bonchev–Trinajstić information content (AvgIpc) is 2.85. The van der Waals surface area contributed by atoms with Crippen molar-refractivity contribution in [1.82, 2.24) is 9.80 Å². The molecule has 0 saturated carbocycles. The van der Waals surface area contributed by atoms with Crippen molar-refractivity contribution >= 4 is 5.91 Å². The van der Waals surface area contributed by atoms with E-state index in [9.17, 15) is 15.0 Å². The van der Waals surface area contributed by atoms with E-state index in [-0.39, 0.29) is 12.5 Å². The van der Waals surface area contributed by atoms with Crippen LogP contribution in [0.2, 0.25) is 0 Å². The van der Waals surface area contributed by atoms with E-state index >= 15 is 0 Å². The maximum atomic E-state index is 13.6. The van der Waals surface area contributed by atoms with E-state index in [1.165, 1.54) is 0 Å². The lowest BCUT2D eigenvalue weighted by molar-refractivity contribution is -0.139. The second-order valence-corrected chi connectivity index (χ2v) is 7.78. The molecule has 5 heteroatoms. The summed E-state index contributed by atoms with van der Waals surface area (Å²) >= 11 is 0. The Labute approximate surface area is 150 Å². The predicted octanol–water partition coefficient (Wildman–Crippen LogP) is 1.39. The van der Waals surface area contributed by atoms with Crippen molar-refractivity contribution < 1.29 is 15.0 Å². The second kappa shape index (κ2) is 7.44. The molecule has 2 aliphatic rings. The first kappa shape index (κ1) is 18.4. The molecule has 1 aromatic carbocycles. The number of carbonyl (C=O) groups excluding carboxylic acids is 1. The van der Waals surface area contributed by atoms with E-state index in [0.29, 0.717) is 25.9 Å². The SMILES string of the molecule is CN1CCC(C(=O)N2CCC[C@@](O)(CO)CC2)(c2ccccc2)CC1. The second-order valence-electron chi connectivity index (χ2n) is 7.78. The van der Waals surface area contributed by atoms with Crippen molar-refractivity contribution in [2.24, 2.45) is 0 Å². The highest BCUT2D eigenvalue weighted by Crippen LogP contribution is 2.38. The summed E-state index contributed by atoms with van der Waals surface area (Å²) < 4.78 is 0. The van der Waals surface area contributed by atoms with Gasteiger partial charge in [-0.15, -0.1) is 0 Å². The Morgan fingerprint density at radius 2 is 1.72 bits per heavy atom. The molecule has 0 spiro atoms. The van der Waals surface area contributed by atoms with Crippen LogP contribution in [0, 0.1) is 0 Å². The fourth-order valence-electron chi connectivity index (χ4n) is 4.23. The van der Waals surface area contributed by atoms with Gasteiger partial charge in [0.15, 0.2) is 0 Å². The number of hydrogen-bond acceptors (Lipinski definition) is 4. The number of likely N-dealkylation sites (tertiary alicyclic amines) is 2. The van der Waals surface area contributed by atoms with Crippen molar-refractivity contribution in [2.75, 3.05) is 39.8 Å². The molecule has 138 valence electrons. The van der Waals surface area contributed by atoms with Gasteiger partial charge in [-0.3, -0.25) is 4.79 Å². The zero-order valence-corrected chi connectivity index (χ0v) is 15.2. The summed E-state index contributed by atoms with van der Waals surface area (Å²) in [5.74, 6) is 0.189. The minimum Gasteiger partial charge on any atom is -0.393 e. The molecule has 0 aromatic heterocycles. The maximum absolute atomic E-state index is 13.6. The predicted molar refractivity (Wildman–Crippen MR) is 97.3 cm³/mol. The highest BCUT2D eigenvalue weighted by atomic mass is 16.3. The summed E-state index contributed by atoms with van der Waals surface area (Å²) in [5, 5.41) is 19.8. The lowest BCUT2D eigenvalue weighted by Crippen LogP contribution is -2.52. The van der Waals surface area contributed by atoms with Crippen LogP contribution < -0.4 is 0 Å². The van der Waals surface area contributed by atoms with E-state index in [2.05, 4.69) is 24.1 Å². The van der Waals surface area contributed by atoms with Gasteiger partial charge < -0.3 is 20.0 Å². The van der Waals surface area contributed by atoms with E-state index in [4.69, 9.17) is 0 Å². The first-order valence-electron chi connectivity index (χ1n) is 9.36. The minimum atomic E-state index is -1.04. The van der Waals surface area contributed by atoms with Crippen molar-refractivity contribution in [3.8, 4) is 0 Å². The van der Waals surface area contributed by atoms with Crippen LogP contribution in [-0.4, -0.2) is 71.4 Å². The molecule has 3 rings (SSSR count). The van der Waals surface area contributed by atoms with E-state index in [0.717, 1.165) is 37.9 Å². The highest BCUT2D eigenvalue weighted by Gasteiger charge is 2.45. The Morgan fingerprint density at radius 1 is 1.04 bits per heavy atom. The molecule has 0 aliphatic carbocycles. The van der Waals surface area contributed by atoms with Gasteiger partial charge in [0.25, 0.3) is 0 Å². The van der Waals surface area contributed by atoms with Crippen LogP contribution in [-0.2, 0) is 10.2 Å². The summed E-state index contributed by atoms with van der Waals surface area (Å²) in [4.78, 5) is 17.8. The first-order chi connectivity index (χ1) is 12.0. The van der Waals surface area contributed by atoms with Gasteiger partial charge in [-0.1, -0.05) is 30.3 Å². The topological polar surface area (TPSA) is 64.0 Å². The van der Waals surface area contributed by atoms with Gasteiger partial charge >= 0.3 is 0 Å². The Balaban J connectivity index is 1.85. The molecule has 1 amide bonds. The van der Waals surface area contributed by atoms with Gasteiger partial charge in [0.2, 0.25) is 5.91 Å². The minimum absolute atomic E-state index is 0.189. The summed E-state index contributed by atoms with van der Waals surface area (Å²) in [5.41, 5.74) is -0.397. The third-order valence-corrected chi connectivity index (χ3v) is 6.08. The first-order valence-corrected chi connectivity index (χ1v) is 9.36. The molecule has 1 aromatic rings. The molecular formula is C20H30N2O3. The number of hydrogen-bond donors (Lipinski definition) is 2. The van der Waals surface area contributed by atoms with Crippen LogP contribution in [0.1, 0.15) is 37.7 Å². The van der Waals surface area contributed by atoms with Crippen LogP contribution >= 0.6 is 0 Å². The lowest BCUT2D eigenvalue weighted by atomic mass is 9.71. The monoisotopic (exact) mass is 346 g/mol. The molecular weight excluding hydrogens is 316 g/mol. The van der Waals surface area contributed by atoms with Crippen LogP contribution in [0.25, 0.3) is 0 Å². The van der Waals surface area contributed by atoms with Crippen molar-refractivity contribution in [2.45, 2.75) is 43.1 Å². The number of carbonyl (C=O) groups is 1. The van der Waals surface area contributed by atoms with Crippen molar-refractivity contribution in [3.05, 3.63) is 35.9 Å².